The maximum atomic E-state index is 3.46. The second-order valence-corrected chi connectivity index (χ2v) is 3.86. The first-order valence-electron chi connectivity index (χ1n) is 3.79. The van der Waals surface area contributed by atoms with E-state index in [1.807, 2.05) is 0 Å². The first-order chi connectivity index (χ1) is 5.27. The normalized spacial score (nSPS) is 21.8. The Labute approximate surface area is 74.9 Å². The third-order valence-corrected chi connectivity index (χ3v) is 2.67. The molecule has 1 heterocycles. The van der Waals surface area contributed by atoms with Gasteiger partial charge in [-0.2, -0.15) is 0 Å². The number of benzene rings is 1. The largest absolute Gasteiger partial charge is 0.306 e. The topological polar surface area (TPSA) is 12.0 Å². The van der Waals surface area contributed by atoms with Crippen LogP contribution in [0.15, 0.2) is 22.7 Å². The molecule has 1 aliphatic heterocycles. The van der Waals surface area contributed by atoms with Crippen molar-refractivity contribution in [2.45, 2.75) is 19.5 Å². The van der Waals surface area contributed by atoms with E-state index in [2.05, 4.69) is 46.4 Å². The van der Waals surface area contributed by atoms with Crippen molar-refractivity contribution in [1.29, 1.82) is 0 Å². The van der Waals surface area contributed by atoms with E-state index in [9.17, 15) is 0 Å². The van der Waals surface area contributed by atoms with Crippen LogP contribution in [0.2, 0.25) is 0 Å². The third kappa shape index (κ3) is 1.21. The minimum absolute atomic E-state index is 0.516. The molecule has 58 valence electrons. The van der Waals surface area contributed by atoms with Crippen LogP contribution >= 0.6 is 15.9 Å². The summed E-state index contributed by atoms with van der Waals surface area (Å²) in [4.78, 5) is 0. The van der Waals surface area contributed by atoms with Gasteiger partial charge >= 0.3 is 0 Å². The van der Waals surface area contributed by atoms with Crippen LogP contribution in [0, 0.1) is 0 Å². The standard InChI is InChI=1S/C9H10BrN/c1-6-9-4-8(10)3-2-7(9)5-11-6/h2-4,6,11H,5H2,1H3/t6-/m1/s1. The second kappa shape index (κ2) is 2.61. The summed E-state index contributed by atoms with van der Waals surface area (Å²) in [5.74, 6) is 0. The Hall–Kier alpha value is -0.340. The van der Waals surface area contributed by atoms with Crippen LogP contribution in [0.4, 0.5) is 0 Å². The van der Waals surface area contributed by atoms with Gasteiger partial charge in [0.1, 0.15) is 0 Å². The molecule has 2 heteroatoms. The number of hydrogen-bond donors (Lipinski definition) is 1. The molecule has 1 atom stereocenters. The molecule has 0 aromatic heterocycles. The van der Waals surface area contributed by atoms with Gasteiger partial charge in [0.05, 0.1) is 0 Å². The summed E-state index contributed by atoms with van der Waals surface area (Å²) in [5, 5.41) is 3.39. The molecule has 1 aliphatic rings. The van der Waals surface area contributed by atoms with Crippen LogP contribution in [0.5, 0.6) is 0 Å². The Morgan fingerprint density at radius 3 is 3.18 bits per heavy atom. The Morgan fingerprint density at radius 1 is 1.55 bits per heavy atom. The highest BCUT2D eigenvalue weighted by molar-refractivity contribution is 9.10. The molecule has 0 spiro atoms. The van der Waals surface area contributed by atoms with E-state index in [-0.39, 0.29) is 0 Å². The smallest absolute Gasteiger partial charge is 0.0298 e. The molecule has 0 unspecified atom stereocenters. The summed E-state index contributed by atoms with van der Waals surface area (Å²) in [6, 6.07) is 6.98. The van der Waals surface area contributed by atoms with E-state index in [1.54, 1.807) is 0 Å². The van der Waals surface area contributed by atoms with Crippen molar-refractivity contribution in [2.75, 3.05) is 0 Å². The molecule has 0 aliphatic carbocycles. The van der Waals surface area contributed by atoms with Crippen molar-refractivity contribution in [1.82, 2.24) is 5.32 Å². The summed E-state index contributed by atoms with van der Waals surface area (Å²) in [6.07, 6.45) is 0. The van der Waals surface area contributed by atoms with Crippen molar-refractivity contribution in [2.24, 2.45) is 0 Å². The van der Waals surface area contributed by atoms with Crippen LogP contribution < -0.4 is 5.32 Å². The lowest BCUT2D eigenvalue weighted by Crippen LogP contribution is -2.06. The van der Waals surface area contributed by atoms with Crippen molar-refractivity contribution in [3.63, 3.8) is 0 Å². The fraction of sp³-hybridized carbons (Fsp3) is 0.333. The molecule has 1 aromatic rings. The number of nitrogens with one attached hydrogen (secondary N) is 1. The van der Waals surface area contributed by atoms with Gasteiger partial charge in [0, 0.05) is 17.1 Å². The predicted octanol–water partition coefficient (Wildman–Crippen LogP) is 2.61. The fourth-order valence-corrected chi connectivity index (χ4v) is 1.88. The zero-order valence-corrected chi connectivity index (χ0v) is 7.98. The van der Waals surface area contributed by atoms with Gasteiger partial charge in [-0.25, -0.2) is 0 Å². The molecule has 11 heavy (non-hydrogen) atoms. The first-order valence-corrected chi connectivity index (χ1v) is 4.58. The Bertz CT molecular complexity index is 283. The molecule has 0 bridgehead atoms. The van der Waals surface area contributed by atoms with Gasteiger partial charge in [-0.3, -0.25) is 0 Å². The summed E-state index contributed by atoms with van der Waals surface area (Å²) in [6.45, 7) is 3.21. The number of fused-ring (bicyclic) bond motifs is 1. The molecule has 0 saturated carbocycles. The number of hydrogen-bond acceptors (Lipinski definition) is 1. The molecule has 0 radical (unpaired) electrons. The molecule has 0 fully saturated rings. The average Bonchev–Trinajstić information content (AvgIpc) is 2.33. The summed E-state index contributed by atoms with van der Waals surface area (Å²) < 4.78 is 1.17. The molecule has 0 saturated heterocycles. The van der Waals surface area contributed by atoms with Crippen LogP contribution in [0.1, 0.15) is 24.1 Å². The van der Waals surface area contributed by atoms with Crippen molar-refractivity contribution < 1.29 is 0 Å². The lowest BCUT2D eigenvalue weighted by molar-refractivity contribution is 0.633. The van der Waals surface area contributed by atoms with Gasteiger partial charge in [-0.1, -0.05) is 22.0 Å². The summed E-state index contributed by atoms with van der Waals surface area (Å²) >= 11 is 3.46. The maximum absolute atomic E-state index is 3.46. The van der Waals surface area contributed by atoms with Crippen molar-refractivity contribution in [3.05, 3.63) is 33.8 Å². The van der Waals surface area contributed by atoms with E-state index in [0.717, 1.165) is 6.54 Å². The average molecular weight is 212 g/mol. The molecular formula is C9H10BrN. The van der Waals surface area contributed by atoms with E-state index < -0.39 is 0 Å². The van der Waals surface area contributed by atoms with Gasteiger partial charge in [0.15, 0.2) is 0 Å². The van der Waals surface area contributed by atoms with Gasteiger partial charge in [-0.15, -0.1) is 0 Å². The molecule has 1 aromatic carbocycles. The molecule has 0 amide bonds. The van der Waals surface area contributed by atoms with Crippen molar-refractivity contribution in [3.8, 4) is 0 Å². The monoisotopic (exact) mass is 211 g/mol. The van der Waals surface area contributed by atoms with E-state index >= 15 is 0 Å². The maximum Gasteiger partial charge on any atom is 0.0298 e. The van der Waals surface area contributed by atoms with E-state index in [4.69, 9.17) is 0 Å². The van der Waals surface area contributed by atoms with Crippen molar-refractivity contribution >= 4 is 15.9 Å². The third-order valence-electron chi connectivity index (χ3n) is 2.17. The highest BCUT2D eigenvalue weighted by Gasteiger charge is 2.16. The fourth-order valence-electron chi connectivity index (χ4n) is 1.50. The second-order valence-electron chi connectivity index (χ2n) is 2.95. The Kier molecular flexibility index (Phi) is 1.74. The Balaban J connectivity index is 2.52. The molecule has 2 rings (SSSR count). The Morgan fingerprint density at radius 2 is 2.36 bits per heavy atom. The minimum Gasteiger partial charge on any atom is -0.306 e. The summed E-state index contributed by atoms with van der Waals surface area (Å²) in [7, 11) is 0. The predicted molar refractivity (Wildman–Crippen MR) is 49.4 cm³/mol. The van der Waals surface area contributed by atoms with Crippen LogP contribution in [-0.4, -0.2) is 0 Å². The molecule has 1 nitrogen and oxygen atoms in total. The lowest BCUT2D eigenvalue weighted by atomic mass is 10.1. The highest BCUT2D eigenvalue weighted by Crippen LogP contribution is 2.27. The quantitative estimate of drug-likeness (QED) is 0.696. The van der Waals surface area contributed by atoms with Crippen LogP contribution in [-0.2, 0) is 6.54 Å². The van der Waals surface area contributed by atoms with Gasteiger partial charge < -0.3 is 5.32 Å². The minimum atomic E-state index is 0.516. The van der Waals surface area contributed by atoms with E-state index in [1.165, 1.54) is 15.6 Å². The van der Waals surface area contributed by atoms with Crippen LogP contribution in [0.3, 0.4) is 0 Å². The van der Waals surface area contributed by atoms with E-state index in [0.29, 0.717) is 6.04 Å². The van der Waals surface area contributed by atoms with Gasteiger partial charge in [0.25, 0.3) is 0 Å². The number of rotatable bonds is 0. The van der Waals surface area contributed by atoms with Crippen LogP contribution in [0.25, 0.3) is 0 Å². The van der Waals surface area contributed by atoms with Gasteiger partial charge in [0.2, 0.25) is 0 Å². The first kappa shape index (κ1) is 7.32. The van der Waals surface area contributed by atoms with Gasteiger partial charge in [-0.05, 0) is 30.2 Å². The zero-order valence-electron chi connectivity index (χ0n) is 6.39. The summed E-state index contributed by atoms with van der Waals surface area (Å²) in [5.41, 5.74) is 2.86. The lowest BCUT2D eigenvalue weighted by Gasteiger charge is -2.03. The SMILES string of the molecule is C[C@H]1NCc2ccc(Br)cc21. The number of halogens is 1. The molecule has 1 N–H and O–H groups in total. The highest BCUT2D eigenvalue weighted by atomic mass is 79.9. The molecular weight excluding hydrogens is 202 g/mol. The zero-order chi connectivity index (χ0) is 7.84.